The molecule has 2 saturated heterocycles. The molecule has 13 heteroatoms. The standard InChI is InChI=1S/C22H21ClF3N7O2/c23-18-11-14(22(24,25)26)12-27-20(18)31-8-5-15(6-9-31)32-10-7-19(21(32)34)35-17-3-1-16(2-4-17)33-13-28-29-30-33/h1-4,11-13,15,19H,5-10H2. The van der Waals surface area contributed by atoms with E-state index in [2.05, 4.69) is 20.5 Å². The van der Waals surface area contributed by atoms with Crippen LogP contribution in [0.4, 0.5) is 19.0 Å². The molecule has 2 aromatic heterocycles. The van der Waals surface area contributed by atoms with E-state index in [0.717, 1.165) is 18.0 Å². The van der Waals surface area contributed by atoms with Crippen molar-refractivity contribution in [1.29, 1.82) is 0 Å². The number of halogens is 4. The number of carbonyl (C=O) groups excluding carboxylic acids is 1. The van der Waals surface area contributed by atoms with Gasteiger partial charge in [0.25, 0.3) is 5.91 Å². The third-order valence-electron chi connectivity index (χ3n) is 6.27. The second-order valence-corrected chi connectivity index (χ2v) is 8.83. The zero-order valence-electron chi connectivity index (χ0n) is 18.4. The smallest absolute Gasteiger partial charge is 0.417 e. The van der Waals surface area contributed by atoms with Crippen LogP contribution in [0.25, 0.3) is 5.69 Å². The normalized spacial score (nSPS) is 19.4. The van der Waals surface area contributed by atoms with E-state index in [1.807, 2.05) is 9.80 Å². The summed E-state index contributed by atoms with van der Waals surface area (Å²) in [4.78, 5) is 20.7. The molecule has 1 aromatic carbocycles. The number of benzene rings is 1. The Morgan fingerprint density at radius 1 is 1.06 bits per heavy atom. The molecule has 35 heavy (non-hydrogen) atoms. The highest BCUT2D eigenvalue weighted by molar-refractivity contribution is 6.33. The first-order valence-electron chi connectivity index (χ1n) is 11.1. The molecule has 0 aliphatic carbocycles. The molecular formula is C22H21ClF3N7O2. The second kappa shape index (κ2) is 9.33. The van der Waals surface area contributed by atoms with Gasteiger partial charge in [-0.25, -0.2) is 9.67 Å². The van der Waals surface area contributed by atoms with E-state index in [-0.39, 0.29) is 17.0 Å². The molecule has 2 aliphatic heterocycles. The third-order valence-corrected chi connectivity index (χ3v) is 6.55. The van der Waals surface area contributed by atoms with Crippen LogP contribution in [0.1, 0.15) is 24.8 Å². The van der Waals surface area contributed by atoms with Crippen molar-refractivity contribution in [2.75, 3.05) is 24.5 Å². The maximum Gasteiger partial charge on any atom is 0.417 e. The number of tetrazole rings is 1. The van der Waals surface area contributed by atoms with Crippen molar-refractivity contribution in [3.63, 3.8) is 0 Å². The monoisotopic (exact) mass is 507 g/mol. The van der Waals surface area contributed by atoms with Crippen LogP contribution < -0.4 is 9.64 Å². The number of ether oxygens (including phenoxy) is 1. The minimum Gasteiger partial charge on any atom is -0.481 e. The number of nitrogens with zero attached hydrogens (tertiary/aromatic N) is 7. The van der Waals surface area contributed by atoms with E-state index in [4.69, 9.17) is 16.3 Å². The Morgan fingerprint density at radius 3 is 2.43 bits per heavy atom. The van der Waals surface area contributed by atoms with Crippen LogP contribution in [0.3, 0.4) is 0 Å². The van der Waals surface area contributed by atoms with Gasteiger partial charge >= 0.3 is 6.18 Å². The van der Waals surface area contributed by atoms with Crippen LogP contribution in [0.2, 0.25) is 5.02 Å². The largest absolute Gasteiger partial charge is 0.481 e. The number of alkyl halides is 3. The molecule has 1 atom stereocenters. The summed E-state index contributed by atoms with van der Waals surface area (Å²) >= 11 is 6.09. The molecule has 0 N–H and O–H groups in total. The lowest BCUT2D eigenvalue weighted by atomic mass is 10.0. The van der Waals surface area contributed by atoms with E-state index in [9.17, 15) is 18.0 Å². The predicted octanol–water partition coefficient (Wildman–Crippen LogP) is 3.38. The predicted molar refractivity (Wildman–Crippen MR) is 119 cm³/mol. The maximum absolute atomic E-state index is 13.0. The van der Waals surface area contributed by atoms with Gasteiger partial charge in [-0.2, -0.15) is 13.2 Å². The topological polar surface area (TPSA) is 89.3 Å². The first-order chi connectivity index (χ1) is 16.8. The lowest BCUT2D eigenvalue weighted by Crippen LogP contribution is -2.47. The molecule has 1 unspecified atom stereocenters. The fraction of sp³-hybridized carbons (Fsp3) is 0.409. The summed E-state index contributed by atoms with van der Waals surface area (Å²) in [6.07, 6.45) is -0.849. The zero-order valence-corrected chi connectivity index (χ0v) is 19.2. The minimum atomic E-state index is -4.49. The minimum absolute atomic E-state index is 0.0303. The van der Waals surface area contributed by atoms with E-state index in [1.165, 1.54) is 11.0 Å². The van der Waals surface area contributed by atoms with Crippen LogP contribution in [0.15, 0.2) is 42.9 Å². The molecule has 0 radical (unpaired) electrons. The summed E-state index contributed by atoms with van der Waals surface area (Å²) in [6.45, 7) is 1.67. The van der Waals surface area contributed by atoms with Gasteiger partial charge in [0.15, 0.2) is 6.10 Å². The Kier molecular flexibility index (Phi) is 6.22. The summed E-state index contributed by atoms with van der Waals surface area (Å²) in [5.74, 6) is 0.857. The summed E-state index contributed by atoms with van der Waals surface area (Å²) in [7, 11) is 0. The number of pyridine rings is 1. The van der Waals surface area contributed by atoms with Crippen molar-refractivity contribution >= 4 is 23.3 Å². The van der Waals surface area contributed by atoms with Gasteiger partial charge in [0.2, 0.25) is 0 Å². The summed E-state index contributed by atoms with van der Waals surface area (Å²) < 4.78 is 46.1. The van der Waals surface area contributed by atoms with Crippen LogP contribution in [0, 0.1) is 0 Å². The molecule has 9 nitrogen and oxygen atoms in total. The SMILES string of the molecule is O=C1C(Oc2ccc(-n3cnnn3)cc2)CCN1C1CCN(c2ncc(C(F)(F)F)cc2Cl)CC1. The number of piperidine rings is 1. The number of aromatic nitrogens is 5. The van der Waals surface area contributed by atoms with Crippen LogP contribution in [-0.4, -0.2) is 67.8 Å². The molecule has 3 aromatic rings. The Bertz CT molecular complexity index is 1180. The molecule has 0 spiro atoms. The van der Waals surface area contributed by atoms with Crippen molar-refractivity contribution < 1.29 is 22.7 Å². The average molecular weight is 508 g/mol. The molecule has 184 valence electrons. The van der Waals surface area contributed by atoms with Crippen LogP contribution in [0.5, 0.6) is 5.75 Å². The number of likely N-dealkylation sites (tertiary alicyclic amines) is 1. The zero-order chi connectivity index (χ0) is 24.6. The molecule has 2 fully saturated rings. The number of hydrogen-bond donors (Lipinski definition) is 0. The van der Waals surface area contributed by atoms with Crippen molar-refractivity contribution in [2.24, 2.45) is 0 Å². The number of rotatable bonds is 5. The van der Waals surface area contributed by atoms with Crippen LogP contribution in [-0.2, 0) is 11.0 Å². The van der Waals surface area contributed by atoms with E-state index in [0.29, 0.717) is 50.5 Å². The van der Waals surface area contributed by atoms with Gasteiger partial charge in [-0.3, -0.25) is 4.79 Å². The van der Waals surface area contributed by atoms with Crippen molar-refractivity contribution in [2.45, 2.75) is 37.6 Å². The average Bonchev–Trinajstić information content (AvgIpc) is 3.50. The quantitative estimate of drug-likeness (QED) is 0.523. The summed E-state index contributed by atoms with van der Waals surface area (Å²) in [6, 6.07) is 8.08. The summed E-state index contributed by atoms with van der Waals surface area (Å²) in [5.41, 5.74) is -0.101. The lowest BCUT2D eigenvalue weighted by molar-refractivity contribution is -0.138. The highest BCUT2D eigenvalue weighted by atomic mass is 35.5. The van der Waals surface area contributed by atoms with Crippen molar-refractivity contribution in [3.05, 3.63) is 53.4 Å². The molecule has 5 rings (SSSR count). The summed E-state index contributed by atoms with van der Waals surface area (Å²) in [5, 5.41) is 11.0. The second-order valence-electron chi connectivity index (χ2n) is 8.42. The number of anilines is 1. The molecule has 2 aliphatic rings. The van der Waals surface area contributed by atoms with Gasteiger partial charge in [-0.15, -0.1) is 5.10 Å². The third kappa shape index (κ3) is 4.88. The van der Waals surface area contributed by atoms with Gasteiger partial charge < -0.3 is 14.5 Å². The fourth-order valence-corrected chi connectivity index (χ4v) is 4.76. The first kappa shape index (κ1) is 23.3. The fourth-order valence-electron chi connectivity index (χ4n) is 4.48. The van der Waals surface area contributed by atoms with Gasteiger partial charge in [0.1, 0.15) is 17.9 Å². The van der Waals surface area contributed by atoms with Crippen molar-refractivity contribution in [1.82, 2.24) is 30.1 Å². The highest BCUT2D eigenvalue weighted by Crippen LogP contribution is 2.35. The first-order valence-corrected chi connectivity index (χ1v) is 11.5. The molecule has 0 bridgehead atoms. The Morgan fingerprint density at radius 2 is 1.80 bits per heavy atom. The lowest BCUT2D eigenvalue weighted by Gasteiger charge is -2.37. The maximum atomic E-state index is 13.0. The molecule has 1 amide bonds. The highest BCUT2D eigenvalue weighted by Gasteiger charge is 2.39. The van der Waals surface area contributed by atoms with Crippen LogP contribution >= 0.6 is 11.6 Å². The van der Waals surface area contributed by atoms with Gasteiger partial charge in [-0.05, 0) is 53.6 Å². The Balaban J connectivity index is 1.16. The van der Waals surface area contributed by atoms with Crippen molar-refractivity contribution in [3.8, 4) is 11.4 Å². The number of amides is 1. The number of hydrogen-bond acceptors (Lipinski definition) is 7. The molecule has 0 saturated carbocycles. The van der Waals surface area contributed by atoms with Gasteiger partial charge in [-0.1, -0.05) is 11.6 Å². The van der Waals surface area contributed by atoms with Gasteiger partial charge in [0, 0.05) is 38.3 Å². The Hall–Kier alpha value is -3.41. The molecular weight excluding hydrogens is 487 g/mol. The Labute approximate surface area is 203 Å². The molecule has 4 heterocycles. The number of carbonyl (C=O) groups is 1. The van der Waals surface area contributed by atoms with E-state index >= 15 is 0 Å². The van der Waals surface area contributed by atoms with Gasteiger partial charge in [0.05, 0.1) is 16.3 Å². The van der Waals surface area contributed by atoms with E-state index < -0.39 is 17.8 Å². The van der Waals surface area contributed by atoms with E-state index in [1.54, 1.807) is 24.3 Å².